The smallest absolute Gasteiger partial charge is 0.271 e. The number of carbonyl (C=O) groups is 1. The lowest BCUT2D eigenvalue weighted by Crippen LogP contribution is -2.29. The Morgan fingerprint density at radius 1 is 1.08 bits per heavy atom. The van der Waals surface area contributed by atoms with Gasteiger partial charge < -0.3 is 14.8 Å². The number of ether oxygens (including phenoxy) is 2. The van der Waals surface area contributed by atoms with Crippen LogP contribution in [0.5, 0.6) is 17.4 Å². The number of hydrogen-bond donors (Lipinski definition) is 1. The van der Waals surface area contributed by atoms with E-state index in [0.717, 1.165) is 6.07 Å². The second kappa shape index (κ2) is 10.4. The van der Waals surface area contributed by atoms with E-state index in [1.165, 1.54) is 57.7 Å². The van der Waals surface area contributed by atoms with Crippen LogP contribution < -0.4 is 20.3 Å². The van der Waals surface area contributed by atoms with Crippen molar-refractivity contribution in [1.82, 2.24) is 19.2 Å². The van der Waals surface area contributed by atoms with Crippen molar-refractivity contribution in [3.8, 4) is 23.1 Å². The fourth-order valence-electron chi connectivity index (χ4n) is 3.66. The SMILES string of the molecule is CCOc1ccn(-c2ccc(F)cc2)c(=O)c1C(=O)Nc1ccc(Oc2ccc3ncc(Br)n3n2)cc1F. The lowest BCUT2D eigenvalue weighted by atomic mass is 10.2. The Balaban J connectivity index is 1.41. The fourth-order valence-corrected chi connectivity index (χ4v) is 4.02. The van der Waals surface area contributed by atoms with Crippen LogP contribution in [-0.4, -0.2) is 31.7 Å². The van der Waals surface area contributed by atoms with Crippen molar-refractivity contribution < 1.29 is 23.0 Å². The molecule has 38 heavy (non-hydrogen) atoms. The van der Waals surface area contributed by atoms with Gasteiger partial charge in [-0.05, 0) is 71.4 Å². The molecule has 192 valence electrons. The zero-order valence-corrected chi connectivity index (χ0v) is 21.3. The largest absolute Gasteiger partial charge is 0.493 e. The van der Waals surface area contributed by atoms with Crippen molar-refractivity contribution in [3.63, 3.8) is 0 Å². The van der Waals surface area contributed by atoms with Gasteiger partial charge in [0.25, 0.3) is 11.5 Å². The van der Waals surface area contributed by atoms with Crippen molar-refractivity contribution in [2.75, 3.05) is 11.9 Å². The molecule has 2 aromatic carbocycles. The quantitative estimate of drug-likeness (QED) is 0.277. The summed E-state index contributed by atoms with van der Waals surface area (Å²) in [6.45, 7) is 1.89. The molecule has 5 aromatic rings. The number of fused-ring (bicyclic) bond motifs is 1. The summed E-state index contributed by atoms with van der Waals surface area (Å²) in [4.78, 5) is 30.5. The van der Waals surface area contributed by atoms with Gasteiger partial charge in [0.2, 0.25) is 5.88 Å². The van der Waals surface area contributed by atoms with Crippen molar-refractivity contribution >= 4 is 33.2 Å². The summed E-state index contributed by atoms with van der Waals surface area (Å²) in [6, 6.07) is 13.7. The van der Waals surface area contributed by atoms with Crippen LogP contribution in [0.15, 0.2) is 82.5 Å². The number of rotatable bonds is 7. The molecular formula is C26H18BrF2N5O4. The van der Waals surface area contributed by atoms with E-state index in [1.54, 1.807) is 25.3 Å². The number of nitrogens with one attached hydrogen (secondary N) is 1. The third-order valence-electron chi connectivity index (χ3n) is 5.39. The van der Waals surface area contributed by atoms with Crippen LogP contribution >= 0.6 is 15.9 Å². The molecule has 0 aliphatic heterocycles. The van der Waals surface area contributed by atoms with Crippen LogP contribution in [0.4, 0.5) is 14.5 Å². The van der Waals surface area contributed by atoms with Crippen molar-refractivity contribution in [1.29, 1.82) is 0 Å². The van der Waals surface area contributed by atoms with E-state index in [2.05, 4.69) is 31.3 Å². The van der Waals surface area contributed by atoms with Crippen LogP contribution in [0.1, 0.15) is 17.3 Å². The first kappa shape index (κ1) is 25.1. The summed E-state index contributed by atoms with van der Waals surface area (Å²) < 4.78 is 42.7. The molecule has 0 bridgehead atoms. The van der Waals surface area contributed by atoms with Crippen molar-refractivity contribution in [2.45, 2.75) is 6.92 Å². The van der Waals surface area contributed by atoms with Crippen LogP contribution in [-0.2, 0) is 0 Å². The Labute approximate surface area is 222 Å². The predicted molar refractivity (Wildman–Crippen MR) is 138 cm³/mol. The lowest BCUT2D eigenvalue weighted by Gasteiger charge is -2.14. The zero-order chi connectivity index (χ0) is 26.8. The molecule has 0 spiro atoms. The van der Waals surface area contributed by atoms with Gasteiger partial charge in [0.1, 0.15) is 33.3 Å². The highest BCUT2D eigenvalue weighted by atomic mass is 79.9. The Morgan fingerprint density at radius 2 is 1.87 bits per heavy atom. The van der Waals surface area contributed by atoms with Crippen LogP contribution in [0.2, 0.25) is 0 Å². The molecule has 3 heterocycles. The average molecular weight is 582 g/mol. The zero-order valence-electron chi connectivity index (χ0n) is 19.7. The van der Waals surface area contributed by atoms with Gasteiger partial charge in [0, 0.05) is 24.0 Å². The van der Waals surface area contributed by atoms with E-state index < -0.39 is 23.1 Å². The molecule has 0 unspecified atom stereocenters. The number of aromatic nitrogens is 4. The molecule has 3 aromatic heterocycles. The van der Waals surface area contributed by atoms with Gasteiger partial charge >= 0.3 is 0 Å². The van der Waals surface area contributed by atoms with Crippen LogP contribution in [0, 0.1) is 11.6 Å². The minimum absolute atomic E-state index is 0.0286. The molecular weight excluding hydrogens is 564 g/mol. The normalized spacial score (nSPS) is 10.9. The second-order valence-corrected chi connectivity index (χ2v) is 8.67. The number of pyridine rings is 1. The first-order valence-corrected chi connectivity index (χ1v) is 12.1. The standard InChI is InChI=1S/C26H18BrF2N5O4/c1-2-37-20-11-12-33(16-5-3-15(28)4-6-16)26(36)24(20)25(35)31-19-8-7-17(13-18(19)29)38-23-10-9-22-30-14-21(27)34(22)32-23/h3-14H,2H2,1H3,(H,31,35). The maximum absolute atomic E-state index is 14.9. The third kappa shape index (κ3) is 4.98. The molecule has 12 heteroatoms. The number of halogens is 3. The Morgan fingerprint density at radius 3 is 2.61 bits per heavy atom. The highest BCUT2D eigenvalue weighted by Crippen LogP contribution is 2.26. The van der Waals surface area contributed by atoms with Gasteiger partial charge in [-0.2, -0.15) is 0 Å². The molecule has 0 radical (unpaired) electrons. The predicted octanol–water partition coefficient (Wildman–Crippen LogP) is 5.36. The number of benzene rings is 2. The fraction of sp³-hybridized carbons (Fsp3) is 0.0769. The van der Waals surface area contributed by atoms with E-state index in [0.29, 0.717) is 15.9 Å². The number of imidazole rings is 1. The second-order valence-electron chi connectivity index (χ2n) is 7.86. The average Bonchev–Trinajstić information content (AvgIpc) is 3.26. The number of hydrogen-bond acceptors (Lipinski definition) is 6. The molecule has 0 aliphatic rings. The van der Waals surface area contributed by atoms with E-state index in [1.807, 2.05) is 0 Å². The summed E-state index contributed by atoms with van der Waals surface area (Å²) in [6.07, 6.45) is 3.00. The molecule has 1 amide bonds. The number of nitrogens with zero attached hydrogens (tertiary/aromatic N) is 4. The Hall–Kier alpha value is -4.58. The van der Waals surface area contributed by atoms with E-state index in [4.69, 9.17) is 9.47 Å². The van der Waals surface area contributed by atoms with Gasteiger partial charge in [-0.25, -0.2) is 18.3 Å². The van der Waals surface area contributed by atoms with Gasteiger partial charge in [0.05, 0.1) is 18.5 Å². The van der Waals surface area contributed by atoms with E-state index in [-0.39, 0.29) is 35.2 Å². The summed E-state index contributed by atoms with van der Waals surface area (Å²) in [5.41, 5.74) is -0.286. The number of anilines is 1. The van der Waals surface area contributed by atoms with E-state index >= 15 is 0 Å². The van der Waals surface area contributed by atoms with Crippen molar-refractivity contribution in [3.05, 3.63) is 105 Å². The lowest BCUT2D eigenvalue weighted by molar-refractivity contribution is 0.102. The molecule has 0 saturated carbocycles. The number of amides is 1. The van der Waals surface area contributed by atoms with Crippen LogP contribution in [0.25, 0.3) is 11.3 Å². The molecule has 0 fully saturated rings. The van der Waals surface area contributed by atoms with Gasteiger partial charge in [0.15, 0.2) is 5.65 Å². The molecule has 0 saturated heterocycles. The molecule has 1 N–H and O–H groups in total. The van der Waals surface area contributed by atoms with Gasteiger partial charge in [-0.3, -0.25) is 14.2 Å². The minimum atomic E-state index is -0.875. The summed E-state index contributed by atoms with van der Waals surface area (Å²) in [5.74, 6) is -1.79. The van der Waals surface area contributed by atoms with E-state index in [9.17, 15) is 18.4 Å². The Bertz CT molecular complexity index is 1720. The summed E-state index contributed by atoms with van der Waals surface area (Å²) in [5, 5.41) is 6.68. The highest BCUT2D eigenvalue weighted by molar-refractivity contribution is 9.10. The topological polar surface area (TPSA) is 99.8 Å². The maximum Gasteiger partial charge on any atom is 0.271 e. The number of carbonyl (C=O) groups excluding carboxylic acids is 1. The molecule has 0 atom stereocenters. The molecule has 9 nitrogen and oxygen atoms in total. The van der Waals surface area contributed by atoms with Crippen LogP contribution in [0.3, 0.4) is 0 Å². The first-order valence-electron chi connectivity index (χ1n) is 11.3. The van der Waals surface area contributed by atoms with Gasteiger partial charge in [-0.15, -0.1) is 5.10 Å². The maximum atomic E-state index is 14.9. The first-order chi connectivity index (χ1) is 18.3. The Kier molecular flexibility index (Phi) is 6.88. The molecule has 0 aliphatic carbocycles. The summed E-state index contributed by atoms with van der Waals surface area (Å²) >= 11 is 3.32. The van der Waals surface area contributed by atoms with Gasteiger partial charge in [-0.1, -0.05) is 0 Å². The monoisotopic (exact) mass is 581 g/mol. The van der Waals surface area contributed by atoms with Crippen molar-refractivity contribution in [2.24, 2.45) is 0 Å². The summed E-state index contributed by atoms with van der Waals surface area (Å²) in [7, 11) is 0. The highest BCUT2D eigenvalue weighted by Gasteiger charge is 2.21. The minimum Gasteiger partial charge on any atom is -0.493 e. The third-order valence-corrected chi connectivity index (χ3v) is 5.93. The molecule has 5 rings (SSSR count).